The Hall–Kier alpha value is -1.84. The molecule has 4 rings (SSSR count). The van der Waals surface area contributed by atoms with Gasteiger partial charge in [-0.25, -0.2) is 0 Å². The number of ketones is 1. The molecule has 2 bridgehead atoms. The van der Waals surface area contributed by atoms with Crippen LogP contribution in [-0.4, -0.2) is 34.8 Å². The van der Waals surface area contributed by atoms with Crippen molar-refractivity contribution in [3.63, 3.8) is 0 Å². The normalized spacial score (nSPS) is 34.1. The number of phenols is 1. The molecule has 0 unspecified atom stereocenters. The second-order valence-corrected chi connectivity index (χ2v) is 6.69. The average molecular weight is 285 g/mol. The number of piperidine rings is 1. The van der Waals surface area contributed by atoms with Gasteiger partial charge in [0.1, 0.15) is 11.5 Å². The minimum Gasteiger partial charge on any atom is -0.508 e. The SMILES string of the molecule is O=CN1CC[C@]23CC(=O)CC[C@H]2[C@H]1Cc1cccc(O)c13. The minimum atomic E-state index is -0.252. The molecule has 1 aliphatic heterocycles. The highest BCUT2D eigenvalue weighted by molar-refractivity contribution is 5.82. The van der Waals surface area contributed by atoms with Crippen molar-refractivity contribution in [2.45, 2.75) is 43.6 Å². The van der Waals surface area contributed by atoms with E-state index in [4.69, 9.17) is 0 Å². The fourth-order valence-electron chi connectivity index (χ4n) is 5.07. The van der Waals surface area contributed by atoms with E-state index >= 15 is 0 Å². The van der Waals surface area contributed by atoms with Gasteiger partial charge in [0, 0.05) is 36.4 Å². The highest BCUT2D eigenvalue weighted by Crippen LogP contribution is 2.56. The molecule has 4 nitrogen and oxygen atoms in total. The van der Waals surface area contributed by atoms with E-state index < -0.39 is 0 Å². The van der Waals surface area contributed by atoms with Gasteiger partial charge in [-0.3, -0.25) is 9.59 Å². The van der Waals surface area contributed by atoms with Crippen LogP contribution in [0.2, 0.25) is 0 Å². The fraction of sp³-hybridized carbons (Fsp3) is 0.529. The maximum atomic E-state index is 12.1. The second-order valence-electron chi connectivity index (χ2n) is 6.69. The molecule has 2 aliphatic carbocycles. The third-order valence-corrected chi connectivity index (χ3v) is 5.85. The lowest BCUT2D eigenvalue weighted by Gasteiger charge is -2.57. The number of nitrogens with zero attached hydrogens (tertiary/aromatic N) is 1. The van der Waals surface area contributed by atoms with Crippen molar-refractivity contribution in [2.75, 3.05) is 6.54 Å². The number of hydrogen-bond acceptors (Lipinski definition) is 3. The van der Waals surface area contributed by atoms with Crippen LogP contribution in [0.25, 0.3) is 0 Å². The van der Waals surface area contributed by atoms with Gasteiger partial charge in [0.2, 0.25) is 6.41 Å². The average Bonchev–Trinajstić information content (AvgIpc) is 2.46. The molecule has 1 amide bonds. The van der Waals surface area contributed by atoms with Gasteiger partial charge in [0.25, 0.3) is 0 Å². The van der Waals surface area contributed by atoms with Crippen molar-refractivity contribution in [1.82, 2.24) is 4.90 Å². The van der Waals surface area contributed by atoms with Crippen LogP contribution < -0.4 is 0 Å². The fourth-order valence-corrected chi connectivity index (χ4v) is 5.07. The van der Waals surface area contributed by atoms with E-state index in [0.717, 1.165) is 36.8 Å². The van der Waals surface area contributed by atoms with Crippen molar-refractivity contribution >= 4 is 12.2 Å². The molecule has 1 saturated heterocycles. The summed E-state index contributed by atoms with van der Waals surface area (Å²) in [6.45, 7) is 0.686. The van der Waals surface area contributed by atoms with Gasteiger partial charge < -0.3 is 10.0 Å². The van der Waals surface area contributed by atoms with Crippen molar-refractivity contribution in [3.05, 3.63) is 29.3 Å². The quantitative estimate of drug-likeness (QED) is 0.800. The molecule has 1 aromatic carbocycles. The summed E-state index contributed by atoms with van der Waals surface area (Å²) in [6, 6.07) is 5.80. The molecule has 1 saturated carbocycles. The van der Waals surface area contributed by atoms with Gasteiger partial charge >= 0.3 is 0 Å². The molecule has 2 fully saturated rings. The summed E-state index contributed by atoms with van der Waals surface area (Å²) in [4.78, 5) is 25.4. The van der Waals surface area contributed by atoms with Crippen LogP contribution >= 0.6 is 0 Å². The molecular formula is C17H19NO3. The Bertz CT molecular complexity index is 626. The van der Waals surface area contributed by atoms with Gasteiger partial charge in [-0.1, -0.05) is 12.1 Å². The number of hydrogen-bond donors (Lipinski definition) is 1. The first kappa shape index (κ1) is 12.9. The smallest absolute Gasteiger partial charge is 0.209 e. The van der Waals surface area contributed by atoms with E-state index in [1.165, 1.54) is 0 Å². The van der Waals surface area contributed by atoms with E-state index in [1.54, 1.807) is 6.07 Å². The van der Waals surface area contributed by atoms with Crippen molar-refractivity contribution in [1.29, 1.82) is 0 Å². The maximum Gasteiger partial charge on any atom is 0.209 e. The van der Waals surface area contributed by atoms with E-state index in [0.29, 0.717) is 36.8 Å². The number of amides is 1. The predicted molar refractivity (Wildman–Crippen MR) is 77.0 cm³/mol. The number of carbonyl (C=O) groups excluding carboxylic acids is 2. The zero-order chi connectivity index (χ0) is 14.6. The zero-order valence-electron chi connectivity index (χ0n) is 11.9. The largest absolute Gasteiger partial charge is 0.508 e. The molecule has 1 heterocycles. The third kappa shape index (κ3) is 1.62. The molecule has 1 N–H and O–H groups in total. The van der Waals surface area contributed by atoms with Crippen LogP contribution in [0.5, 0.6) is 5.75 Å². The first-order chi connectivity index (χ1) is 10.2. The Morgan fingerprint density at radius 3 is 3.05 bits per heavy atom. The van der Waals surface area contributed by atoms with Crippen LogP contribution in [0.4, 0.5) is 0 Å². The molecule has 110 valence electrons. The summed E-state index contributed by atoms with van der Waals surface area (Å²) in [6.07, 6.45) is 4.50. The highest BCUT2D eigenvalue weighted by Gasteiger charge is 2.56. The Labute approximate surface area is 123 Å². The lowest BCUT2D eigenvalue weighted by molar-refractivity contribution is -0.132. The van der Waals surface area contributed by atoms with Crippen LogP contribution in [0.1, 0.15) is 36.8 Å². The Morgan fingerprint density at radius 1 is 1.38 bits per heavy atom. The predicted octanol–water partition coefficient (Wildman–Crippen LogP) is 1.79. The van der Waals surface area contributed by atoms with Crippen molar-refractivity contribution < 1.29 is 14.7 Å². The summed E-state index contributed by atoms with van der Waals surface area (Å²) in [5.41, 5.74) is 1.85. The summed E-state index contributed by atoms with van der Waals surface area (Å²) in [5.74, 6) is 0.917. The van der Waals surface area contributed by atoms with Crippen LogP contribution in [0.15, 0.2) is 18.2 Å². The maximum absolute atomic E-state index is 12.1. The monoisotopic (exact) mass is 285 g/mol. The summed E-state index contributed by atoms with van der Waals surface area (Å²) in [5, 5.41) is 10.4. The van der Waals surface area contributed by atoms with E-state index in [-0.39, 0.29) is 11.5 Å². The molecule has 3 atom stereocenters. The van der Waals surface area contributed by atoms with E-state index in [9.17, 15) is 14.7 Å². The molecule has 0 aromatic heterocycles. The number of rotatable bonds is 1. The first-order valence-electron chi connectivity index (χ1n) is 7.70. The van der Waals surface area contributed by atoms with Gasteiger partial charge in [-0.15, -0.1) is 0 Å². The molecule has 0 radical (unpaired) electrons. The third-order valence-electron chi connectivity index (χ3n) is 5.85. The molecule has 21 heavy (non-hydrogen) atoms. The number of Topliss-reactive ketones (excluding diaryl/α,β-unsaturated/α-hetero) is 1. The van der Waals surface area contributed by atoms with E-state index in [1.807, 2.05) is 17.0 Å². The molecule has 1 aromatic rings. The number of fused-ring (bicyclic) bond motifs is 1. The summed E-state index contributed by atoms with van der Waals surface area (Å²) in [7, 11) is 0. The number of phenolic OH excluding ortho intramolecular Hbond substituents is 1. The van der Waals surface area contributed by atoms with Crippen molar-refractivity contribution in [3.8, 4) is 5.75 Å². The van der Waals surface area contributed by atoms with Gasteiger partial charge in [-0.05, 0) is 36.8 Å². The Morgan fingerprint density at radius 2 is 2.24 bits per heavy atom. The molecular weight excluding hydrogens is 266 g/mol. The van der Waals surface area contributed by atoms with Gasteiger partial charge in [0.15, 0.2) is 0 Å². The lowest BCUT2D eigenvalue weighted by Crippen LogP contribution is -2.61. The zero-order valence-corrected chi connectivity index (χ0v) is 11.9. The molecule has 0 spiro atoms. The standard InChI is InChI=1S/C17H19NO3/c19-10-18-7-6-17-9-12(20)4-5-13(17)14(18)8-11-2-1-3-15(21)16(11)17/h1-3,10,13-14,21H,4-9H2/t13-,14+,17-/m0/s1. The summed E-state index contributed by atoms with van der Waals surface area (Å²) >= 11 is 0. The van der Waals surface area contributed by atoms with Gasteiger partial charge in [-0.2, -0.15) is 0 Å². The molecule has 4 heteroatoms. The van der Waals surface area contributed by atoms with Gasteiger partial charge in [0.05, 0.1) is 0 Å². The first-order valence-corrected chi connectivity index (χ1v) is 7.70. The number of aromatic hydroxyl groups is 1. The van der Waals surface area contributed by atoms with Crippen LogP contribution in [-0.2, 0) is 21.4 Å². The lowest BCUT2D eigenvalue weighted by atomic mass is 9.52. The number of benzene rings is 1. The highest BCUT2D eigenvalue weighted by atomic mass is 16.3. The number of likely N-dealkylation sites (tertiary alicyclic amines) is 1. The van der Waals surface area contributed by atoms with Crippen LogP contribution in [0.3, 0.4) is 0 Å². The Balaban J connectivity index is 1.93. The molecule has 3 aliphatic rings. The van der Waals surface area contributed by atoms with Crippen molar-refractivity contribution in [2.24, 2.45) is 5.92 Å². The topological polar surface area (TPSA) is 57.6 Å². The van der Waals surface area contributed by atoms with Crippen LogP contribution in [0, 0.1) is 5.92 Å². The second kappa shape index (κ2) is 4.33. The van der Waals surface area contributed by atoms with E-state index in [2.05, 4.69) is 0 Å². The Kier molecular flexibility index (Phi) is 2.65. The number of carbonyl (C=O) groups is 2. The summed E-state index contributed by atoms with van der Waals surface area (Å²) < 4.78 is 0. The minimum absolute atomic E-state index is 0.179.